The fourth-order valence-corrected chi connectivity index (χ4v) is 2.85. The molecule has 1 aromatic carbocycles. The number of hydrogen-bond acceptors (Lipinski definition) is 6. The van der Waals surface area contributed by atoms with Crippen molar-refractivity contribution in [1.29, 1.82) is 0 Å². The largest absolute Gasteiger partial charge is 0.493 e. The summed E-state index contributed by atoms with van der Waals surface area (Å²) in [6, 6.07) is 8.45. The molecule has 1 aromatic heterocycles. The van der Waals surface area contributed by atoms with Crippen molar-refractivity contribution >= 4 is 46.6 Å². The number of methoxy groups -OCH3 is 1. The van der Waals surface area contributed by atoms with Gasteiger partial charge in [-0.3, -0.25) is 10.1 Å². The number of esters is 1. The Morgan fingerprint density at radius 1 is 1.25 bits per heavy atom. The van der Waals surface area contributed by atoms with Gasteiger partial charge in [0.15, 0.2) is 16.6 Å². The molecule has 1 amide bonds. The van der Waals surface area contributed by atoms with Crippen molar-refractivity contribution in [3.05, 3.63) is 51.8 Å². The van der Waals surface area contributed by atoms with Crippen molar-refractivity contribution in [2.24, 2.45) is 0 Å². The van der Waals surface area contributed by atoms with Crippen LogP contribution in [0.1, 0.15) is 15.2 Å². The van der Waals surface area contributed by atoms with E-state index < -0.39 is 5.97 Å². The lowest BCUT2D eigenvalue weighted by Gasteiger charge is -2.09. The van der Waals surface area contributed by atoms with Crippen molar-refractivity contribution < 1.29 is 19.1 Å². The Morgan fingerprint density at radius 3 is 2.71 bits per heavy atom. The van der Waals surface area contributed by atoms with Crippen LogP contribution in [0.25, 0.3) is 6.08 Å². The Hall–Kier alpha value is -2.71. The second-order valence-electron chi connectivity index (χ2n) is 4.74. The van der Waals surface area contributed by atoms with E-state index in [4.69, 9.17) is 21.7 Å². The minimum absolute atomic E-state index is 0.264. The van der Waals surface area contributed by atoms with Gasteiger partial charge in [0, 0.05) is 0 Å². The predicted molar refractivity (Wildman–Crippen MR) is 94.1 cm³/mol. The maximum atomic E-state index is 12.0. The molecule has 0 spiro atoms. The van der Waals surface area contributed by atoms with E-state index in [2.05, 4.69) is 10.6 Å². The quantitative estimate of drug-likeness (QED) is 0.377. The maximum absolute atomic E-state index is 12.0. The van der Waals surface area contributed by atoms with Gasteiger partial charge in [0.25, 0.3) is 5.91 Å². The molecule has 1 aliphatic heterocycles. The Kier molecular flexibility index (Phi) is 4.59. The van der Waals surface area contributed by atoms with Gasteiger partial charge >= 0.3 is 5.97 Å². The third-order valence-corrected chi connectivity index (χ3v) is 4.20. The molecule has 0 radical (unpaired) electrons. The average Bonchev–Trinajstić information content (AvgIpc) is 3.19. The van der Waals surface area contributed by atoms with Gasteiger partial charge in [0.1, 0.15) is 10.6 Å². The van der Waals surface area contributed by atoms with Crippen LogP contribution >= 0.6 is 23.6 Å². The van der Waals surface area contributed by atoms with Crippen molar-refractivity contribution in [3.63, 3.8) is 0 Å². The first-order chi connectivity index (χ1) is 11.6. The van der Waals surface area contributed by atoms with Crippen LogP contribution in [-0.2, 0) is 4.79 Å². The molecule has 0 atom stereocenters. The zero-order chi connectivity index (χ0) is 17.1. The summed E-state index contributed by atoms with van der Waals surface area (Å²) in [6.07, 6.45) is 1.63. The van der Waals surface area contributed by atoms with E-state index in [1.807, 2.05) is 0 Å². The fraction of sp³-hybridized carbons (Fsp3) is 0.0625. The number of benzene rings is 1. The van der Waals surface area contributed by atoms with Crippen LogP contribution in [-0.4, -0.2) is 24.1 Å². The molecule has 2 heterocycles. The standard InChI is InChI=1S/C16H12N2O4S2/c1-21-12-8-9(7-10-14(19)18-16(23)17-10)4-5-11(12)22-15(20)13-3-2-6-24-13/h2-8H,1H3,(H2,17,18,19,23). The van der Waals surface area contributed by atoms with Crippen molar-refractivity contribution in [2.45, 2.75) is 0 Å². The molecule has 2 aromatic rings. The molecule has 2 N–H and O–H groups in total. The number of amides is 1. The molecule has 8 heteroatoms. The molecule has 1 saturated heterocycles. The summed E-state index contributed by atoms with van der Waals surface area (Å²) in [7, 11) is 1.48. The lowest BCUT2D eigenvalue weighted by molar-refractivity contribution is -0.115. The fourth-order valence-electron chi connectivity index (χ4n) is 2.05. The molecule has 0 aliphatic carbocycles. The molecule has 122 valence electrons. The van der Waals surface area contributed by atoms with Crippen LogP contribution in [0.2, 0.25) is 0 Å². The molecule has 3 rings (SSSR count). The number of hydrogen-bond donors (Lipinski definition) is 2. The van der Waals surface area contributed by atoms with E-state index in [0.29, 0.717) is 27.6 Å². The van der Waals surface area contributed by atoms with E-state index in [1.165, 1.54) is 18.4 Å². The van der Waals surface area contributed by atoms with E-state index >= 15 is 0 Å². The summed E-state index contributed by atoms with van der Waals surface area (Å²) >= 11 is 6.18. The Bertz CT molecular complexity index is 844. The lowest BCUT2D eigenvalue weighted by Crippen LogP contribution is -2.21. The molecular formula is C16H12N2O4S2. The van der Waals surface area contributed by atoms with Gasteiger partial charge in [0.05, 0.1) is 7.11 Å². The highest BCUT2D eigenvalue weighted by atomic mass is 32.1. The summed E-state index contributed by atoms with van der Waals surface area (Å²) in [5.41, 5.74) is 1.04. The summed E-state index contributed by atoms with van der Waals surface area (Å²) < 4.78 is 10.6. The highest BCUT2D eigenvalue weighted by molar-refractivity contribution is 7.80. The normalized spacial score (nSPS) is 15.1. The van der Waals surface area contributed by atoms with E-state index in [0.717, 1.165) is 0 Å². The van der Waals surface area contributed by atoms with Gasteiger partial charge < -0.3 is 14.8 Å². The van der Waals surface area contributed by atoms with Gasteiger partial charge in [-0.15, -0.1) is 11.3 Å². The Labute approximate surface area is 147 Å². The van der Waals surface area contributed by atoms with Crippen molar-refractivity contribution in [3.8, 4) is 11.5 Å². The monoisotopic (exact) mass is 360 g/mol. The van der Waals surface area contributed by atoms with E-state index in [9.17, 15) is 9.59 Å². The second kappa shape index (κ2) is 6.81. The first-order valence-corrected chi connectivity index (χ1v) is 8.13. The first-order valence-electron chi connectivity index (χ1n) is 6.84. The molecule has 0 saturated carbocycles. The third kappa shape index (κ3) is 3.44. The van der Waals surface area contributed by atoms with Crippen LogP contribution in [0.4, 0.5) is 0 Å². The number of carbonyl (C=O) groups is 2. The molecule has 1 aliphatic rings. The molecule has 0 bridgehead atoms. The molecule has 24 heavy (non-hydrogen) atoms. The van der Waals surface area contributed by atoms with E-state index in [1.54, 1.807) is 41.8 Å². The summed E-state index contributed by atoms with van der Waals surface area (Å²) in [6.45, 7) is 0. The van der Waals surface area contributed by atoms with Gasteiger partial charge in [0.2, 0.25) is 0 Å². The van der Waals surface area contributed by atoms with Crippen molar-refractivity contribution in [2.75, 3.05) is 7.11 Å². The van der Waals surface area contributed by atoms with Gasteiger partial charge in [-0.05, 0) is 47.4 Å². The highest BCUT2D eigenvalue weighted by Gasteiger charge is 2.20. The highest BCUT2D eigenvalue weighted by Crippen LogP contribution is 2.30. The van der Waals surface area contributed by atoms with Crippen LogP contribution in [0.15, 0.2) is 41.4 Å². The van der Waals surface area contributed by atoms with Crippen LogP contribution in [0.5, 0.6) is 11.5 Å². The predicted octanol–water partition coefficient (Wildman–Crippen LogP) is 2.32. The summed E-state index contributed by atoms with van der Waals surface area (Å²) in [5.74, 6) is -0.0589. The van der Waals surface area contributed by atoms with Gasteiger partial charge in [-0.1, -0.05) is 12.1 Å². The number of rotatable bonds is 4. The smallest absolute Gasteiger partial charge is 0.353 e. The topological polar surface area (TPSA) is 76.7 Å². The number of nitrogens with one attached hydrogen (secondary N) is 2. The Balaban J connectivity index is 1.83. The van der Waals surface area contributed by atoms with E-state index in [-0.39, 0.29) is 11.0 Å². The lowest BCUT2D eigenvalue weighted by atomic mass is 10.1. The second-order valence-corrected chi connectivity index (χ2v) is 6.10. The third-order valence-electron chi connectivity index (χ3n) is 3.14. The van der Waals surface area contributed by atoms with Crippen LogP contribution in [0, 0.1) is 0 Å². The SMILES string of the molecule is COc1cc(C=C2NC(=S)NC2=O)ccc1OC(=O)c1cccs1. The Morgan fingerprint density at radius 2 is 2.08 bits per heavy atom. The number of ether oxygens (including phenoxy) is 2. The van der Waals surface area contributed by atoms with Gasteiger partial charge in [-0.25, -0.2) is 4.79 Å². The van der Waals surface area contributed by atoms with Crippen molar-refractivity contribution in [1.82, 2.24) is 10.6 Å². The zero-order valence-corrected chi connectivity index (χ0v) is 14.1. The zero-order valence-electron chi connectivity index (χ0n) is 12.5. The summed E-state index contributed by atoms with van der Waals surface area (Å²) in [4.78, 5) is 24.2. The van der Waals surface area contributed by atoms with Crippen LogP contribution < -0.4 is 20.1 Å². The summed E-state index contributed by atoms with van der Waals surface area (Å²) in [5, 5.41) is 7.31. The van der Waals surface area contributed by atoms with Crippen LogP contribution in [0.3, 0.4) is 0 Å². The minimum atomic E-state index is -0.448. The molecule has 0 unspecified atom stereocenters. The maximum Gasteiger partial charge on any atom is 0.353 e. The first kappa shape index (κ1) is 16.2. The minimum Gasteiger partial charge on any atom is -0.493 e. The molecular weight excluding hydrogens is 348 g/mol. The number of thiophene rings is 1. The molecule has 6 nitrogen and oxygen atoms in total. The number of carbonyl (C=O) groups excluding carboxylic acids is 2. The molecule has 1 fully saturated rings. The number of thiocarbonyl (C=S) groups is 1. The average molecular weight is 360 g/mol. The van der Waals surface area contributed by atoms with Gasteiger partial charge in [-0.2, -0.15) is 0 Å².